The molecule has 28 heavy (non-hydrogen) atoms. The van der Waals surface area contributed by atoms with Crippen molar-refractivity contribution in [1.82, 2.24) is 24.6 Å². The molecule has 0 atom stereocenters. The summed E-state index contributed by atoms with van der Waals surface area (Å²) in [5.74, 6) is -0.367. The smallest absolute Gasteiger partial charge is 0.325 e. The number of carbonyl (C=O) groups is 2. The zero-order chi connectivity index (χ0) is 20.1. The number of nitrogens with zero attached hydrogens (tertiary/aromatic N) is 4. The van der Waals surface area contributed by atoms with E-state index in [2.05, 4.69) is 15.4 Å². The Bertz CT molecular complexity index is 1060. The molecule has 0 radical (unpaired) electrons. The van der Waals surface area contributed by atoms with E-state index in [1.54, 1.807) is 18.5 Å². The first-order valence-electron chi connectivity index (χ1n) is 8.94. The third kappa shape index (κ3) is 4.08. The van der Waals surface area contributed by atoms with Crippen molar-refractivity contribution in [2.24, 2.45) is 0 Å². The number of aryl methyl sites for hydroxylation is 1. The van der Waals surface area contributed by atoms with Crippen molar-refractivity contribution in [2.75, 3.05) is 13.2 Å². The summed E-state index contributed by atoms with van der Waals surface area (Å²) in [4.78, 5) is 40.5. The highest BCUT2D eigenvalue weighted by molar-refractivity contribution is 5.81. The van der Waals surface area contributed by atoms with Gasteiger partial charge in [-0.25, -0.2) is 9.67 Å². The monoisotopic (exact) mass is 383 g/mol. The van der Waals surface area contributed by atoms with E-state index in [1.807, 2.05) is 30.3 Å². The molecule has 1 amide bonds. The number of benzene rings is 1. The van der Waals surface area contributed by atoms with E-state index >= 15 is 0 Å². The minimum atomic E-state index is -0.499. The zero-order valence-electron chi connectivity index (χ0n) is 15.7. The van der Waals surface area contributed by atoms with Crippen LogP contribution in [-0.4, -0.2) is 44.4 Å². The van der Waals surface area contributed by atoms with E-state index in [1.165, 1.54) is 10.8 Å². The summed E-state index contributed by atoms with van der Waals surface area (Å²) in [6.45, 7) is 3.61. The van der Waals surface area contributed by atoms with Gasteiger partial charge < -0.3 is 10.1 Å². The molecule has 0 aliphatic heterocycles. The Morgan fingerprint density at radius 1 is 1.21 bits per heavy atom. The van der Waals surface area contributed by atoms with Crippen molar-refractivity contribution in [2.45, 2.75) is 26.8 Å². The summed E-state index contributed by atoms with van der Waals surface area (Å²) >= 11 is 0. The fourth-order valence-corrected chi connectivity index (χ4v) is 2.81. The van der Waals surface area contributed by atoms with Crippen LogP contribution >= 0.6 is 0 Å². The molecule has 3 aromatic rings. The number of hydrogen-bond acceptors (Lipinski definition) is 6. The highest BCUT2D eigenvalue weighted by Gasteiger charge is 2.15. The van der Waals surface area contributed by atoms with E-state index in [0.717, 1.165) is 5.69 Å². The first-order chi connectivity index (χ1) is 13.5. The van der Waals surface area contributed by atoms with Gasteiger partial charge in [0.25, 0.3) is 5.56 Å². The van der Waals surface area contributed by atoms with Gasteiger partial charge in [-0.05, 0) is 26.0 Å². The van der Waals surface area contributed by atoms with Crippen molar-refractivity contribution >= 4 is 22.9 Å². The van der Waals surface area contributed by atoms with Gasteiger partial charge in [-0.15, -0.1) is 0 Å². The molecular weight excluding hydrogens is 362 g/mol. The summed E-state index contributed by atoms with van der Waals surface area (Å²) < 4.78 is 7.80. The normalized spacial score (nSPS) is 10.8. The van der Waals surface area contributed by atoms with Gasteiger partial charge in [0.2, 0.25) is 5.91 Å². The molecule has 1 aromatic carbocycles. The molecule has 0 fully saturated rings. The average molecular weight is 383 g/mol. The van der Waals surface area contributed by atoms with Gasteiger partial charge in [-0.2, -0.15) is 5.10 Å². The molecular formula is C19H21N5O4. The number of carbonyl (C=O) groups excluding carboxylic acids is 2. The molecule has 3 rings (SSSR count). The second-order valence-corrected chi connectivity index (χ2v) is 6.08. The summed E-state index contributed by atoms with van der Waals surface area (Å²) in [6.07, 6.45) is 1.52. The molecule has 0 bridgehead atoms. The van der Waals surface area contributed by atoms with Crippen LogP contribution in [0.25, 0.3) is 16.7 Å². The number of aromatic nitrogens is 4. The third-order valence-corrected chi connectivity index (χ3v) is 4.18. The first-order valence-corrected chi connectivity index (χ1v) is 8.94. The minimum Gasteiger partial charge on any atom is -0.465 e. The van der Waals surface area contributed by atoms with Gasteiger partial charge in [0, 0.05) is 13.0 Å². The molecule has 0 aliphatic carbocycles. The van der Waals surface area contributed by atoms with Crippen LogP contribution in [0.2, 0.25) is 0 Å². The Morgan fingerprint density at radius 2 is 1.96 bits per heavy atom. The number of hydrogen-bond donors (Lipinski definition) is 1. The topological polar surface area (TPSA) is 108 Å². The highest BCUT2D eigenvalue weighted by Crippen LogP contribution is 2.14. The molecule has 0 spiro atoms. The van der Waals surface area contributed by atoms with Crippen LogP contribution in [0.4, 0.5) is 0 Å². The molecule has 9 nitrogen and oxygen atoms in total. The summed E-state index contributed by atoms with van der Waals surface area (Å²) in [5.41, 5.74) is 1.01. The number of amides is 1. The van der Waals surface area contributed by atoms with Gasteiger partial charge in [0.1, 0.15) is 17.8 Å². The molecule has 146 valence electrons. The maximum atomic E-state index is 12.8. The molecule has 2 aromatic heterocycles. The van der Waals surface area contributed by atoms with E-state index in [-0.39, 0.29) is 37.6 Å². The summed E-state index contributed by atoms with van der Waals surface area (Å²) in [6, 6.07) is 9.41. The average Bonchev–Trinajstić information content (AvgIpc) is 3.11. The van der Waals surface area contributed by atoms with Crippen LogP contribution in [0.3, 0.4) is 0 Å². The fraction of sp³-hybridized carbons (Fsp3) is 0.316. The lowest BCUT2D eigenvalue weighted by Crippen LogP contribution is -2.32. The zero-order valence-corrected chi connectivity index (χ0v) is 15.7. The van der Waals surface area contributed by atoms with Crippen molar-refractivity contribution in [3.05, 3.63) is 52.7 Å². The first kappa shape index (κ1) is 19.3. The lowest BCUT2D eigenvalue weighted by molar-refractivity contribution is -0.143. The van der Waals surface area contributed by atoms with E-state index in [0.29, 0.717) is 16.9 Å². The SMILES string of the molecule is CCOC(=O)CNC(=O)CCn1c(C)nc2c(cnn2-c2ccccc2)c1=O. The van der Waals surface area contributed by atoms with E-state index in [4.69, 9.17) is 4.74 Å². The maximum absolute atomic E-state index is 12.8. The molecule has 0 unspecified atom stereocenters. The molecule has 0 saturated heterocycles. The van der Waals surface area contributed by atoms with Crippen LogP contribution in [0.15, 0.2) is 41.3 Å². The Balaban J connectivity index is 1.77. The summed E-state index contributed by atoms with van der Waals surface area (Å²) in [5, 5.41) is 7.13. The Labute approximate surface area is 160 Å². The largest absolute Gasteiger partial charge is 0.465 e. The van der Waals surface area contributed by atoms with Gasteiger partial charge >= 0.3 is 5.97 Å². The minimum absolute atomic E-state index is 0.0418. The van der Waals surface area contributed by atoms with Gasteiger partial charge in [0.15, 0.2) is 5.65 Å². The van der Waals surface area contributed by atoms with Gasteiger partial charge in [-0.1, -0.05) is 18.2 Å². The number of ether oxygens (including phenoxy) is 1. The molecule has 1 N–H and O–H groups in total. The molecule has 9 heteroatoms. The van der Waals surface area contributed by atoms with Crippen LogP contribution in [0, 0.1) is 6.92 Å². The van der Waals surface area contributed by atoms with Crippen LogP contribution < -0.4 is 10.9 Å². The predicted octanol–water partition coefficient (Wildman–Crippen LogP) is 0.960. The number of para-hydroxylation sites is 1. The number of nitrogens with one attached hydrogen (secondary N) is 1. The van der Waals surface area contributed by atoms with Crippen LogP contribution in [0.5, 0.6) is 0 Å². The molecule has 0 aliphatic rings. The van der Waals surface area contributed by atoms with E-state index < -0.39 is 5.97 Å². The lowest BCUT2D eigenvalue weighted by atomic mass is 10.3. The second-order valence-electron chi connectivity index (χ2n) is 6.08. The Hall–Kier alpha value is -3.49. The quantitative estimate of drug-likeness (QED) is 0.609. The van der Waals surface area contributed by atoms with E-state index in [9.17, 15) is 14.4 Å². The van der Waals surface area contributed by atoms with Crippen LogP contribution in [0.1, 0.15) is 19.2 Å². The van der Waals surface area contributed by atoms with Crippen molar-refractivity contribution in [3.8, 4) is 5.69 Å². The lowest BCUT2D eigenvalue weighted by Gasteiger charge is -2.10. The highest BCUT2D eigenvalue weighted by atomic mass is 16.5. The molecule has 2 heterocycles. The van der Waals surface area contributed by atoms with Gasteiger partial charge in [-0.3, -0.25) is 19.0 Å². The Kier molecular flexibility index (Phi) is 5.83. The number of esters is 1. The standard InChI is InChI=1S/C19H21N5O4/c1-3-28-17(26)12-20-16(25)9-10-23-13(2)22-18-15(19(23)27)11-21-24(18)14-7-5-4-6-8-14/h4-8,11H,3,9-10,12H2,1-2H3,(H,20,25). The second kappa shape index (κ2) is 8.47. The maximum Gasteiger partial charge on any atom is 0.325 e. The van der Waals surface area contributed by atoms with Gasteiger partial charge in [0.05, 0.1) is 18.5 Å². The van der Waals surface area contributed by atoms with Crippen molar-refractivity contribution < 1.29 is 14.3 Å². The summed E-state index contributed by atoms with van der Waals surface area (Å²) in [7, 11) is 0. The third-order valence-electron chi connectivity index (χ3n) is 4.18. The van der Waals surface area contributed by atoms with Crippen molar-refractivity contribution in [3.63, 3.8) is 0 Å². The van der Waals surface area contributed by atoms with Crippen LogP contribution in [-0.2, 0) is 20.9 Å². The number of rotatable bonds is 7. The predicted molar refractivity (Wildman–Crippen MR) is 102 cm³/mol. The number of fused-ring (bicyclic) bond motifs is 1. The molecule has 0 saturated carbocycles. The fourth-order valence-electron chi connectivity index (χ4n) is 2.81. The van der Waals surface area contributed by atoms with Crippen molar-refractivity contribution in [1.29, 1.82) is 0 Å². The Morgan fingerprint density at radius 3 is 2.68 bits per heavy atom.